The molecule has 5 nitrogen and oxygen atoms in total. The van der Waals surface area contributed by atoms with E-state index >= 15 is 0 Å². The number of hydrogen-bond acceptors (Lipinski definition) is 3. The third-order valence-electron chi connectivity index (χ3n) is 3.53. The summed E-state index contributed by atoms with van der Waals surface area (Å²) in [5, 5.41) is 8.99. The fraction of sp³-hybridized carbons (Fsp3) is 0.429. The number of aromatic carboxylic acids is 1. The Balaban J connectivity index is 2.20. The van der Waals surface area contributed by atoms with Crippen LogP contribution in [0, 0.1) is 0 Å². The largest absolute Gasteiger partial charge is 0.478 e. The minimum atomic E-state index is -0.948. The molecule has 1 aromatic rings. The highest BCUT2D eigenvalue weighted by molar-refractivity contribution is 5.88. The van der Waals surface area contributed by atoms with E-state index < -0.39 is 12.0 Å². The number of nitrogens with zero attached hydrogens (tertiary/aromatic N) is 1. The lowest BCUT2D eigenvalue weighted by molar-refractivity contribution is -0.133. The van der Waals surface area contributed by atoms with Crippen molar-refractivity contribution >= 4 is 11.9 Å². The number of carboxylic acid groups (broad SMARTS) is 1. The molecular weight excluding hydrogens is 244 g/mol. The van der Waals surface area contributed by atoms with Gasteiger partial charge in [0.1, 0.15) is 0 Å². The highest BCUT2D eigenvalue weighted by atomic mass is 16.4. The molecule has 0 spiro atoms. The summed E-state index contributed by atoms with van der Waals surface area (Å²) in [4.78, 5) is 24.7. The van der Waals surface area contributed by atoms with Gasteiger partial charge in [0, 0.05) is 13.1 Å². The van der Waals surface area contributed by atoms with Crippen molar-refractivity contribution in [3.8, 4) is 0 Å². The van der Waals surface area contributed by atoms with Gasteiger partial charge in [0.25, 0.3) is 0 Å². The van der Waals surface area contributed by atoms with Crippen LogP contribution in [0.5, 0.6) is 0 Å². The maximum absolute atomic E-state index is 12.0. The van der Waals surface area contributed by atoms with Gasteiger partial charge in [0.15, 0.2) is 0 Å². The number of amides is 1. The number of rotatable bonds is 3. The molecule has 0 radical (unpaired) electrons. The molecule has 0 aromatic heterocycles. The number of carboxylic acids is 1. The van der Waals surface area contributed by atoms with Crippen molar-refractivity contribution in [2.45, 2.75) is 32.4 Å². The molecule has 1 atom stereocenters. The monoisotopic (exact) mass is 262 g/mol. The molecule has 1 aromatic carbocycles. The van der Waals surface area contributed by atoms with Crippen LogP contribution in [0.4, 0.5) is 0 Å². The van der Waals surface area contributed by atoms with Crippen LogP contribution in [-0.2, 0) is 17.8 Å². The summed E-state index contributed by atoms with van der Waals surface area (Å²) in [6, 6.07) is 4.62. The molecule has 0 fully saturated rings. The Hall–Kier alpha value is -1.88. The van der Waals surface area contributed by atoms with Crippen molar-refractivity contribution in [1.29, 1.82) is 0 Å². The molecule has 0 aliphatic carbocycles. The van der Waals surface area contributed by atoms with Crippen molar-refractivity contribution < 1.29 is 14.7 Å². The van der Waals surface area contributed by atoms with Crippen molar-refractivity contribution in [2.75, 3.05) is 6.54 Å². The highest BCUT2D eigenvalue weighted by Gasteiger charge is 2.24. The molecule has 1 aliphatic heterocycles. The average molecular weight is 262 g/mol. The van der Waals surface area contributed by atoms with Gasteiger partial charge in [0.05, 0.1) is 11.6 Å². The van der Waals surface area contributed by atoms with Gasteiger partial charge in [-0.25, -0.2) is 4.79 Å². The predicted octanol–water partition coefficient (Wildman–Crippen LogP) is 1.01. The SMILES string of the molecule is CC[C@@H](N)C(=O)N1CCc2ccc(C(=O)O)cc2C1. The van der Waals surface area contributed by atoms with Crippen LogP contribution in [0.3, 0.4) is 0 Å². The third kappa shape index (κ3) is 2.76. The Labute approximate surface area is 112 Å². The second-order valence-electron chi connectivity index (χ2n) is 4.81. The average Bonchev–Trinajstić information content (AvgIpc) is 2.44. The van der Waals surface area contributed by atoms with E-state index in [1.54, 1.807) is 17.0 Å². The van der Waals surface area contributed by atoms with Crippen LogP contribution < -0.4 is 5.73 Å². The van der Waals surface area contributed by atoms with Gasteiger partial charge in [-0.05, 0) is 36.1 Å². The molecule has 1 aliphatic rings. The number of hydrogen-bond donors (Lipinski definition) is 2. The Kier molecular flexibility index (Phi) is 3.85. The molecule has 0 bridgehead atoms. The molecule has 1 heterocycles. The number of fused-ring (bicyclic) bond motifs is 1. The first kappa shape index (κ1) is 13.5. The van der Waals surface area contributed by atoms with E-state index in [1.165, 1.54) is 0 Å². The first-order valence-electron chi connectivity index (χ1n) is 6.42. The molecule has 0 saturated heterocycles. The molecule has 1 amide bonds. The van der Waals surface area contributed by atoms with Crippen molar-refractivity contribution in [3.63, 3.8) is 0 Å². The normalized spacial score (nSPS) is 15.8. The van der Waals surface area contributed by atoms with E-state index in [-0.39, 0.29) is 11.5 Å². The van der Waals surface area contributed by atoms with Crippen LogP contribution in [0.25, 0.3) is 0 Å². The molecule has 3 N–H and O–H groups in total. The molecule has 2 rings (SSSR count). The van der Waals surface area contributed by atoms with Crippen LogP contribution in [-0.4, -0.2) is 34.5 Å². The van der Waals surface area contributed by atoms with E-state index in [4.69, 9.17) is 10.8 Å². The molecule has 0 unspecified atom stereocenters. The second kappa shape index (κ2) is 5.40. The number of carbonyl (C=O) groups is 2. The summed E-state index contributed by atoms with van der Waals surface area (Å²) in [6.45, 7) is 2.97. The van der Waals surface area contributed by atoms with Crippen LogP contribution in [0.15, 0.2) is 18.2 Å². The zero-order valence-electron chi connectivity index (χ0n) is 10.9. The Morgan fingerprint density at radius 2 is 2.16 bits per heavy atom. The Bertz CT molecular complexity index is 513. The third-order valence-corrected chi connectivity index (χ3v) is 3.53. The van der Waals surface area contributed by atoms with Crippen LogP contribution >= 0.6 is 0 Å². The van der Waals surface area contributed by atoms with Crippen LogP contribution in [0.2, 0.25) is 0 Å². The van der Waals surface area contributed by atoms with Gasteiger partial charge in [-0.3, -0.25) is 4.79 Å². The quantitative estimate of drug-likeness (QED) is 0.851. The van der Waals surface area contributed by atoms with Gasteiger partial charge < -0.3 is 15.7 Å². The van der Waals surface area contributed by atoms with Gasteiger partial charge in [-0.15, -0.1) is 0 Å². The highest BCUT2D eigenvalue weighted by Crippen LogP contribution is 2.21. The van der Waals surface area contributed by atoms with Crippen molar-refractivity contribution in [2.24, 2.45) is 5.73 Å². The fourth-order valence-electron chi connectivity index (χ4n) is 2.29. The number of benzene rings is 1. The predicted molar refractivity (Wildman–Crippen MR) is 70.8 cm³/mol. The molecule has 5 heteroatoms. The number of nitrogens with two attached hydrogens (primary N) is 1. The van der Waals surface area contributed by atoms with E-state index in [0.29, 0.717) is 19.5 Å². The van der Waals surface area contributed by atoms with Gasteiger partial charge >= 0.3 is 5.97 Å². The van der Waals surface area contributed by atoms with Gasteiger partial charge in [-0.1, -0.05) is 13.0 Å². The second-order valence-corrected chi connectivity index (χ2v) is 4.81. The summed E-state index contributed by atoms with van der Waals surface area (Å²) in [5.41, 5.74) is 8.03. The van der Waals surface area contributed by atoms with Gasteiger partial charge in [0.2, 0.25) is 5.91 Å². The maximum atomic E-state index is 12.0. The lowest BCUT2D eigenvalue weighted by Crippen LogP contribution is -2.45. The minimum absolute atomic E-state index is 0.0612. The van der Waals surface area contributed by atoms with Crippen molar-refractivity contribution in [1.82, 2.24) is 4.90 Å². The molecule has 0 saturated carbocycles. The summed E-state index contributed by atoms with van der Waals surface area (Å²) in [7, 11) is 0. The molecular formula is C14H18N2O3. The maximum Gasteiger partial charge on any atom is 0.335 e. The fourth-order valence-corrected chi connectivity index (χ4v) is 2.29. The van der Waals surface area contributed by atoms with Crippen LogP contribution in [0.1, 0.15) is 34.8 Å². The lowest BCUT2D eigenvalue weighted by Gasteiger charge is -2.30. The van der Waals surface area contributed by atoms with E-state index in [1.807, 2.05) is 13.0 Å². The van der Waals surface area contributed by atoms with E-state index in [0.717, 1.165) is 17.5 Å². The standard InChI is InChI=1S/C14H18N2O3/c1-2-12(15)13(17)16-6-5-9-3-4-10(14(18)19)7-11(9)8-16/h3-4,7,12H,2,5-6,8,15H2,1H3,(H,18,19)/t12-/m1/s1. The van der Waals surface area contributed by atoms with E-state index in [2.05, 4.69) is 0 Å². The first-order chi connectivity index (χ1) is 9.02. The molecule has 19 heavy (non-hydrogen) atoms. The topological polar surface area (TPSA) is 83.6 Å². The van der Waals surface area contributed by atoms with Gasteiger partial charge in [-0.2, -0.15) is 0 Å². The molecule has 102 valence electrons. The first-order valence-corrected chi connectivity index (χ1v) is 6.42. The summed E-state index contributed by atoms with van der Waals surface area (Å²) in [6.07, 6.45) is 1.36. The zero-order chi connectivity index (χ0) is 14.0. The summed E-state index contributed by atoms with van der Waals surface area (Å²) >= 11 is 0. The summed E-state index contributed by atoms with van der Waals surface area (Å²) in [5.74, 6) is -1.01. The van der Waals surface area contributed by atoms with Crippen molar-refractivity contribution in [3.05, 3.63) is 34.9 Å². The number of carbonyl (C=O) groups excluding carboxylic acids is 1. The minimum Gasteiger partial charge on any atom is -0.478 e. The Morgan fingerprint density at radius 1 is 1.42 bits per heavy atom. The Morgan fingerprint density at radius 3 is 2.79 bits per heavy atom. The zero-order valence-corrected chi connectivity index (χ0v) is 10.9. The lowest BCUT2D eigenvalue weighted by atomic mass is 9.97. The smallest absolute Gasteiger partial charge is 0.335 e. The summed E-state index contributed by atoms with van der Waals surface area (Å²) < 4.78 is 0. The van der Waals surface area contributed by atoms with E-state index in [9.17, 15) is 9.59 Å².